The lowest BCUT2D eigenvalue weighted by Gasteiger charge is -2.28. The van der Waals surface area contributed by atoms with Crippen molar-refractivity contribution in [2.75, 3.05) is 20.2 Å². The minimum atomic E-state index is 0.0537. The Morgan fingerprint density at radius 2 is 2.23 bits per heavy atom. The van der Waals surface area contributed by atoms with Crippen LogP contribution in [0.5, 0.6) is 0 Å². The molecule has 0 saturated carbocycles. The molecule has 1 aliphatic rings. The summed E-state index contributed by atoms with van der Waals surface area (Å²) >= 11 is 0. The van der Waals surface area contributed by atoms with E-state index in [1.807, 2.05) is 24.3 Å². The Morgan fingerprint density at radius 1 is 1.32 bits per heavy atom. The van der Waals surface area contributed by atoms with Crippen molar-refractivity contribution in [1.29, 1.82) is 0 Å². The van der Waals surface area contributed by atoms with Gasteiger partial charge in [-0.1, -0.05) is 23.4 Å². The summed E-state index contributed by atoms with van der Waals surface area (Å²) < 4.78 is 11.0. The first-order valence-electron chi connectivity index (χ1n) is 7.37. The number of nitrogens with zero attached hydrogens (tertiary/aromatic N) is 3. The van der Waals surface area contributed by atoms with Gasteiger partial charge in [-0.05, 0) is 19.0 Å². The van der Waals surface area contributed by atoms with E-state index in [4.69, 9.17) is 9.26 Å². The molecule has 2 aromatic heterocycles. The molecular weight excluding hydrogens is 282 g/mol. The summed E-state index contributed by atoms with van der Waals surface area (Å²) in [4.78, 5) is 4.56. The molecule has 0 radical (unpaired) electrons. The van der Waals surface area contributed by atoms with Gasteiger partial charge in [0.1, 0.15) is 5.69 Å². The second kappa shape index (κ2) is 5.51. The van der Waals surface area contributed by atoms with Gasteiger partial charge in [-0.3, -0.25) is 5.10 Å². The predicted molar refractivity (Wildman–Crippen MR) is 80.4 cm³/mol. The molecule has 4 rings (SSSR count). The number of benzene rings is 1. The standard InChI is InChI=1S/C15H17N5O2/c1-21-12-8-16-7-6-10(12)15-17-14(20-22-15)13-9-4-2-3-5-11(9)18-19-13/h2-5,10,12,16H,6-8H2,1H3,(H,18,19). The highest BCUT2D eigenvalue weighted by atomic mass is 16.5. The van der Waals surface area contributed by atoms with Crippen molar-refractivity contribution in [1.82, 2.24) is 25.7 Å². The van der Waals surface area contributed by atoms with E-state index < -0.39 is 0 Å². The highest BCUT2D eigenvalue weighted by Gasteiger charge is 2.31. The maximum atomic E-state index is 5.52. The van der Waals surface area contributed by atoms with E-state index in [9.17, 15) is 0 Å². The van der Waals surface area contributed by atoms with Gasteiger partial charge in [0.05, 0.1) is 17.5 Å². The molecule has 0 aliphatic carbocycles. The van der Waals surface area contributed by atoms with Gasteiger partial charge in [-0.25, -0.2) is 0 Å². The number of hydrogen-bond acceptors (Lipinski definition) is 6. The number of aromatic nitrogens is 4. The smallest absolute Gasteiger partial charge is 0.232 e. The van der Waals surface area contributed by atoms with E-state index in [0.717, 1.165) is 30.4 Å². The topological polar surface area (TPSA) is 88.9 Å². The van der Waals surface area contributed by atoms with Gasteiger partial charge in [0, 0.05) is 19.0 Å². The minimum absolute atomic E-state index is 0.0537. The van der Waals surface area contributed by atoms with Gasteiger partial charge in [-0.2, -0.15) is 10.1 Å². The molecule has 3 heterocycles. The second-order valence-electron chi connectivity index (χ2n) is 5.45. The van der Waals surface area contributed by atoms with E-state index in [-0.39, 0.29) is 12.0 Å². The quantitative estimate of drug-likeness (QED) is 0.765. The number of aromatic amines is 1. The van der Waals surface area contributed by atoms with Gasteiger partial charge in [-0.15, -0.1) is 0 Å². The normalized spacial score (nSPS) is 22.2. The van der Waals surface area contributed by atoms with Crippen LogP contribution in [-0.4, -0.2) is 46.6 Å². The lowest BCUT2D eigenvalue weighted by molar-refractivity contribution is 0.0520. The molecule has 2 atom stereocenters. The van der Waals surface area contributed by atoms with Crippen LogP contribution in [0.4, 0.5) is 0 Å². The zero-order valence-corrected chi connectivity index (χ0v) is 12.2. The molecule has 114 valence electrons. The van der Waals surface area contributed by atoms with E-state index in [1.165, 1.54) is 0 Å². The molecule has 2 unspecified atom stereocenters. The Labute approximate surface area is 127 Å². The van der Waals surface area contributed by atoms with Gasteiger partial charge in [0.25, 0.3) is 0 Å². The summed E-state index contributed by atoms with van der Waals surface area (Å²) in [5.41, 5.74) is 1.67. The molecule has 1 aliphatic heterocycles. The van der Waals surface area contributed by atoms with Crippen molar-refractivity contribution in [2.45, 2.75) is 18.4 Å². The highest BCUT2D eigenvalue weighted by molar-refractivity contribution is 5.90. The van der Waals surface area contributed by atoms with Crippen molar-refractivity contribution < 1.29 is 9.26 Å². The van der Waals surface area contributed by atoms with Gasteiger partial charge in [0.2, 0.25) is 11.7 Å². The largest absolute Gasteiger partial charge is 0.379 e. The van der Waals surface area contributed by atoms with Gasteiger partial charge in [0.15, 0.2) is 0 Å². The van der Waals surface area contributed by atoms with Crippen molar-refractivity contribution in [2.24, 2.45) is 0 Å². The van der Waals surface area contributed by atoms with Crippen molar-refractivity contribution in [3.05, 3.63) is 30.2 Å². The molecule has 0 spiro atoms. The first kappa shape index (κ1) is 13.4. The maximum absolute atomic E-state index is 5.52. The zero-order valence-electron chi connectivity index (χ0n) is 12.2. The Balaban J connectivity index is 1.69. The number of hydrogen-bond donors (Lipinski definition) is 2. The molecule has 1 fully saturated rings. The lowest BCUT2D eigenvalue weighted by Crippen LogP contribution is -2.40. The maximum Gasteiger partial charge on any atom is 0.232 e. The predicted octanol–water partition coefficient (Wildman–Crippen LogP) is 1.70. The minimum Gasteiger partial charge on any atom is -0.379 e. The molecule has 22 heavy (non-hydrogen) atoms. The van der Waals surface area contributed by atoms with Crippen LogP contribution in [0.25, 0.3) is 22.4 Å². The number of methoxy groups -OCH3 is 1. The van der Waals surface area contributed by atoms with Crippen LogP contribution >= 0.6 is 0 Å². The number of para-hydroxylation sites is 1. The third-order valence-electron chi connectivity index (χ3n) is 4.17. The fourth-order valence-electron chi connectivity index (χ4n) is 2.98. The Hall–Kier alpha value is -2.25. The molecule has 7 heteroatoms. The number of H-pyrrole nitrogens is 1. The van der Waals surface area contributed by atoms with E-state index in [0.29, 0.717) is 17.4 Å². The number of ether oxygens (including phenoxy) is 1. The van der Waals surface area contributed by atoms with Crippen LogP contribution in [0.3, 0.4) is 0 Å². The van der Waals surface area contributed by atoms with Crippen LogP contribution in [-0.2, 0) is 4.74 Å². The average molecular weight is 299 g/mol. The molecular formula is C15H17N5O2. The van der Waals surface area contributed by atoms with E-state index in [1.54, 1.807) is 7.11 Å². The first-order chi connectivity index (χ1) is 10.9. The fraction of sp³-hybridized carbons (Fsp3) is 0.400. The molecule has 3 aromatic rings. The molecule has 0 bridgehead atoms. The Morgan fingerprint density at radius 3 is 3.14 bits per heavy atom. The van der Waals surface area contributed by atoms with Crippen LogP contribution in [0, 0.1) is 0 Å². The Bertz CT molecular complexity index is 781. The lowest BCUT2D eigenvalue weighted by atomic mass is 9.95. The average Bonchev–Trinajstić information content (AvgIpc) is 3.21. The SMILES string of the molecule is COC1CNCCC1c1nc(-c2n[nH]c3ccccc23)no1. The van der Waals surface area contributed by atoms with Gasteiger partial charge >= 0.3 is 0 Å². The summed E-state index contributed by atoms with van der Waals surface area (Å²) in [7, 11) is 1.71. The van der Waals surface area contributed by atoms with Gasteiger partial charge < -0.3 is 14.6 Å². The molecule has 0 amide bonds. The monoisotopic (exact) mass is 299 g/mol. The number of fused-ring (bicyclic) bond motifs is 1. The molecule has 7 nitrogen and oxygen atoms in total. The second-order valence-corrected chi connectivity index (χ2v) is 5.45. The van der Waals surface area contributed by atoms with Crippen LogP contribution in [0.1, 0.15) is 18.2 Å². The summed E-state index contributed by atoms with van der Waals surface area (Å²) in [6.07, 6.45) is 0.972. The molecule has 2 N–H and O–H groups in total. The zero-order chi connectivity index (χ0) is 14.9. The van der Waals surface area contributed by atoms with E-state index in [2.05, 4.69) is 25.7 Å². The number of piperidine rings is 1. The summed E-state index contributed by atoms with van der Waals surface area (Å²) in [6.45, 7) is 1.72. The highest BCUT2D eigenvalue weighted by Crippen LogP contribution is 2.29. The van der Waals surface area contributed by atoms with Crippen molar-refractivity contribution in [3.63, 3.8) is 0 Å². The summed E-state index contributed by atoms with van der Waals surface area (Å²) in [6, 6.07) is 7.90. The van der Waals surface area contributed by atoms with Crippen LogP contribution in [0.15, 0.2) is 28.8 Å². The molecule has 1 saturated heterocycles. The number of rotatable bonds is 3. The Kier molecular flexibility index (Phi) is 3.36. The third kappa shape index (κ3) is 2.18. The van der Waals surface area contributed by atoms with E-state index >= 15 is 0 Å². The fourth-order valence-corrected chi connectivity index (χ4v) is 2.98. The third-order valence-corrected chi connectivity index (χ3v) is 4.17. The summed E-state index contributed by atoms with van der Waals surface area (Å²) in [5.74, 6) is 1.26. The van der Waals surface area contributed by atoms with Crippen molar-refractivity contribution >= 4 is 10.9 Å². The summed E-state index contributed by atoms with van der Waals surface area (Å²) in [5, 5.41) is 15.7. The van der Waals surface area contributed by atoms with Crippen LogP contribution < -0.4 is 5.32 Å². The van der Waals surface area contributed by atoms with Crippen LogP contribution in [0.2, 0.25) is 0 Å². The molecule has 1 aromatic carbocycles. The first-order valence-corrected chi connectivity index (χ1v) is 7.37. The van der Waals surface area contributed by atoms with Crippen molar-refractivity contribution in [3.8, 4) is 11.5 Å². The number of nitrogens with one attached hydrogen (secondary N) is 2.